The molecule has 144 valence electrons. The van der Waals surface area contributed by atoms with E-state index in [2.05, 4.69) is 14.4 Å². The maximum Gasteiger partial charge on any atom is 0.256 e. The average molecular weight is 410 g/mol. The lowest BCUT2D eigenvalue weighted by molar-refractivity contribution is -0.117. The predicted molar refractivity (Wildman–Crippen MR) is 99.7 cm³/mol. The minimum atomic E-state index is -3.50. The summed E-state index contributed by atoms with van der Waals surface area (Å²) < 4.78 is 52.3. The quantitative estimate of drug-likeness (QED) is 0.687. The van der Waals surface area contributed by atoms with Crippen LogP contribution in [0.3, 0.4) is 0 Å². The van der Waals surface area contributed by atoms with Crippen molar-refractivity contribution in [3.8, 4) is 0 Å². The summed E-state index contributed by atoms with van der Waals surface area (Å²) >= 11 is 0. The number of hydrogen-bond donors (Lipinski definition) is 2. The molecule has 2 heterocycles. The molecule has 0 saturated carbocycles. The van der Waals surface area contributed by atoms with Crippen molar-refractivity contribution in [1.29, 1.82) is 0 Å². The molecular formula is C16H18N4O5S2. The molecule has 0 radical (unpaired) electrons. The van der Waals surface area contributed by atoms with Crippen LogP contribution in [0.4, 0.5) is 0 Å². The van der Waals surface area contributed by atoms with Crippen molar-refractivity contribution in [2.45, 2.75) is 11.4 Å². The summed E-state index contributed by atoms with van der Waals surface area (Å²) in [4.78, 5) is 14.1. The highest BCUT2D eigenvalue weighted by Crippen LogP contribution is 2.16. The number of rotatable bonds is 5. The van der Waals surface area contributed by atoms with Gasteiger partial charge in [-0.25, -0.2) is 21.6 Å². The second kappa shape index (κ2) is 7.25. The van der Waals surface area contributed by atoms with E-state index in [0.29, 0.717) is 11.4 Å². The molecule has 0 bridgehead atoms. The minimum Gasteiger partial charge on any atom is -0.348 e. The van der Waals surface area contributed by atoms with Crippen LogP contribution in [0.1, 0.15) is 5.56 Å². The highest BCUT2D eigenvalue weighted by molar-refractivity contribution is 7.90. The van der Waals surface area contributed by atoms with Gasteiger partial charge in [-0.3, -0.25) is 4.79 Å². The summed E-state index contributed by atoms with van der Waals surface area (Å²) in [7, 11) is -5.60. The number of hydrogen-bond acceptors (Lipinski definition) is 6. The molecule has 0 atom stereocenters. The smallest absolute Gasteiger partial charge is 0.256 e. The Morgan fingerprint density at radius 3 is 2.59 bits per heavy atom. The summed E-state index contributed by atoms with van der Waals surface area (Å²) in [5.41, 5.74) is 1.12. The first-order valence-electron chi connectivity index (χ1n) is 8.00. The number of benzene rings is 1. The van der Waals surface area contributed by atoms with Crippen LogP contribution in [0, 0.1) is 0 Å². The standard InChI is InChI=1S/C16H18N4O5S2/c1-17-27(24,25)14-5-2-12(3-6-14)10-18-16(21)13-4-7-15-19-26(22,23)9-8-20(15)11-13/h2-7,11,17H,8-10H2,1H3,(H,18,21). The van der Waals surface area contributed by atoms with Crippen LogP contribution in [-0.4, -0.2) is 52.8 Å². The van der Waals surface area contributed by atoms with Crippen LogP contribution in [0.25, 0.3) is 0 Å². The highest BCUT2D eigenvalue weighted by atomic mass is 32.2. The summed E-state index contributed by atoms with van der Waals surface area (Å²) in [5, 5.41) is 2.74. The Morgan fingerprint density at radius 1 is 1.22 bits per heavy atom. The lowest BCUT2D eigenvalue weighted by atomic mass is 10.1. The van der Waals surface area contributed by atoms with E-state index >= 15 is 0 Å². The third-order valence-electron chi connectivity index (χ3n) is 4.04. The van der Waals surface area contributed by atoms with Crippen molar-refractivity contribution in [2.75, 3.05) is 19.3 Å². The van der Waals surface area contributed by atoms with Gasteiger partial charge in [0, 0.05) is 19.3 Å². The highest BCUT2D eigenvalue weighted by Gasteiger charge is 2.24. The van der Waals surface area contributed by atoms with E-state index in [4.69, 9.17) is 0 Å². The van der Waals surface area contributed by atoms with E-state index < -0.39 is 20.0 Å². The maximum atomic E-state index is 12.3. The molecule has 2 aliphatic heterocycles. The number of nitrogens with one attached hydrogen (secondary N) is 2. The fraction of sp³-hybridized carbons (Fsp3) is 0.250. The van der Waals surface area contributed by atoms with Crippen LogP contribution in [0.5, 0.6) is 0 Å². The second-order valence-corrected chi connectivity index (χ2v) is 9.52. The van der Waals surface area contributed by atoms with E-state index in [1.165, 1.54) is 31.3 Å². The summed E-state index contributed by atoms with van der Waals surface area (Å²) in [6, 6.07) is 6.17. The molecule has 0 unspecified atom stereocenters. The first-order chi connectivity index (χ1) is 12.7. The topological polar surface area (TPSA) is 125 Å². The zero-order valence-corrected chi connectivity index (χ0v) is 16.0. The fourth-order valence-electron chi connectivity index (χ4n) is 2.52. The zero-order valence-electron chi connectivity index (χ0n) is 14.4. The van der Waals surface area contributed by atoms with Gasteiger partial charge in [-0.05, 0) is 36.9 Å². The van der Waals surface area contributed by atoms with Gasteiger partial charge in [-0.15, -0.1) is 4.40 Å². The average Bonchev–Trinajstić information content (AvgIpc) is 2.65. The lowest BCUT2D eigenvalue weighted by Gasteiger charge is -2.26. The Hall–Kier alpha value is -2.50. The fourth-order valence-corrected chi connectivity index (χ4v) is 4.22. The molecule has 1 aromatic rings. The van der Waals surface area contributed by atoms with Crippen LogP contribution in [0.15, 0.2) is 57.5 Å². The predicted octanol–water partition coefficient (Wildman–Crippen LogP) is -0.291. The second-order valence-electron chi connectivity index (χ2n) is 5.88. The largest absolute Gasteiger partial charge is 0.348 e. The van der Waals surface area contributed by atoms with Crippen LogP contribution < -0.4 is 10.0 Å². The van der Waals surface area contributed by atoms with Crippen LogP contribution in [-0.2, 0) is 31.4 Å². The molecule has 0 aliphatic carbocycles. The third kappa shape index (κ3) is 4.43. The number of fused-ring (bicyclic) bond motifs is 1. The Kier molecular flexibility index (Phi) is 5.18. The van der Waals surface area contributed by atoms with Gasteiger partial charge in [0.25, 0.3) is 15.9 Å². The SMILES string of the molecule is CNS(=O)(=O)c1ccc(CNC(=O)C2=CN3CCS(=O)(=O)N=C3C=C2)cc1. The summed E-state index contributed by atoms with van der Waals surface area (Å²) in [5.74, 6) is -0.137. The van der Waals surface area contributed by atoms with E-state index in [-0.39, 0.29) is 29.6 Å². The normalized spacial score (nSPS) is 18.3. The number of carbonyl (C=O) groups excluding carboxylic acids is 1. The van der Waals surface area contributed by atoms with Gasteiger partial charge >= 0.3 is 0 Å². The molecule has 1 amide bonds. The van der Waals surface area contributed by atoms with Gasteiger partial charge in [0.15, 0.2) is 0 Å². The van der Waals surface area contributed by atoms with Gasteiger partial charge in [-0.2, -0.15) is 0 Å². The van der Waals surface area contributed by atoms with E-state index in [0.717, 1.165) is 5.56 Å². The first kappa shape index (κ1) is 19.3. The van der Waals surface area contributed by atoms with Gasteiger partial charge in [0.05, 0.1) is 16.2 Å². The molecule has 0 saturated heterocycles. The zero-order chi connectivity index (χ0) is 19.7. The molecule has 0 fully saturated rings. The Labute approximate surface area is 157 Å². The maximum absolute atomic E-state index is 12.3. The molecule has 9 nitrogen and oxygen atoms in total. The van der Waals surface area contributed by atoms with Crippen molar-refractivity contribution in [2.24, 2.45) is 4.40 Å². The summed E-state index contributed by atoms with van der Waals surface area (Å²) in [6.07, 6.45) is 4.56. The number of amidine groups is 1. The minimum absolute atomic E-state index is 0.0996. The van der Waals surface area contributed by atoms with Crippen molar-refractivity contribution < 1.29 is 21.6 Å². The van der Waals surface area contributed by atoms with E-state index in [1.54, 1.807) is 23.2 Å². The number of sulfonamides is 2. The molecule has 0 aromatic heterocycles. The van der Waals surface area contributed by atoms with E-state index in [1.807, 2.05) is 0 Å². The number of nitrogens with zero attached hydrogens (tertiary/aromatic N) is 2. The van der Waals surface area contributed by atoms with E-state index in [9.17, 15) is 21.6 Å². The first-order valence-corrected chi connectivity index (χ1v) is 11.1. The monoisotopic (exact) mass is 410 g/mol. The Bertz CT molecular complexity index is 1050. The van der Waals surface area contributed by atoms with Gasteiger partial charge < -0.3 is 10.2 Å². The molecule has 11 heteroatoms. The van der Waals surface area contributed by atoms with Crippen molar-refractivity contribution in [1.82, 2.24) is 14.9 Å². The molecular weight excluding hydrogens is 392 g/mol. The molecule has 1 aromatic carbocycles. The molecule has 3 rings (SSSR count). The molecule has 27 heavy (non-hydrogen) atoms. The summed E-state index contributed by atoms with van der Waals surface area (Å²) in [6.45, 7) is 0.461. The molecule has 0 spiro atoms. The molecule has 2 aliphatic rings. The Morgan fingerprint density at radius 2 is 1.93 bits per heavy atom. The van der Waals surface area contributed by atoms with Crippen molar-refractivity contribution in [3.05, 3.63) is 53.8 Å². The third-order valence-corrected chi connectivity index (χ3v) is 6.64. The van der Waals surface area contributed by atoms with Gasteiger partial charge in [0.1, 0.15) is 5.84 Å². The lowest BCUT2D eigenvalue weighted by Crippen LogP contribution is -2.38. The van der Waals surface area contributed by atoms with Crippen LogP contribution in [0.2, 0.25) is 0 Å². The number of carbonyl (C=O) groups is 1. The van der Waals surface area contributed by atoms with Gasteiger partial charge in [-0.1, -0.05) is 12.1 Å². The molecule has 2 N–H and O–H groups in total. The van der Waals surface area contributed by atoms with Crippen molar-refractivity contribution >= 4 is 31.8 Å². The van der Waals surface area contributed by atoms with Crippen LogP contribution >= 0.6 is 0 Å². The van der Waals surface area contributed by atoms with Gasteiger partial charge in [0.2, 0.25) is 10.0 Å². The van der Waals surface area contributed by atoms with Crippen molar-refractivity contribution in [3.63, 3.8) is 0 Å². The number of amides is 1. The Balaban J connectivity index is 1.64.